The molecule has 0 saturated carbocycles. The molecule has 2 atom stereocenters. The van der Waals surface area contributed by atoms with Gasteiger partial charge in [-0.05, 0) is 38.7 Å². The maximum absolute atomic E-state index is 9.49. The Morgan fingerprint density at radius 1 is 1.35 bits per heavy atom. The molecule has 94 valence electrons. The zero-order valence-corrected chi connectivity index (χ0v) is 11.1. The maximum Gasteiger partial charge on any atom is 0.0702 e. The van der Waals surface area contributed by atoms with Crippen molar-refractivity contribution >= 4 is 5.69 Å². The van der Waals surface area contributed by atoms with E-state index in [0.717, 1.165) is 18.0 Å². The molecule has 0 bridgehead atoms. The van der Waals surface area contributed by atoms with Gasteiger partial charge in [-0.1, -0.05) is 24.6 Å². The fourth-order valence-corrected chi connectivity index (χ4v) is 2.89. The molecule has 1 aliphatic heterocycles. The first-order valence-electron chi connectivity index (χ1n) is 6.59. The van der Waals surface area contributed by atoms with Gasteiger partial charge < -0.3 is 10.0 Å². The highest BCUT2D eigenvalue weighted by Crippen LogP contribution is 2.30. The summed E-state index contributed by atoms with van der Waals surface area (Å²) in [5.41, 5.74) is 3.50. The molecule has 2 nitrogen and oxygen atoms in total. The average Bonchev–Trinajstić information content (AvgIpc) is 2.30. The SMILES string of the molecule is Cc1ccc(N2CCC(C)CC2C)c(CO)c1. The second kappa shape index (κ2) is 5.09. The lowest BCUT2D eigenvalue weighted by molar-refractivity contribution is 0.281. The molecule has 1 fully saturated rings. The van der Waals surface area contributed by atoms with E-state index in [1.165, 1.54) is 24.1 Å². The Hall–Kier alpha value is -1.02. The van der Waals surface area contributed by atoms with Crippen molar-refractivity contribution in [3.8, 4) is 0 Å². The van der Waals surface area contributed by atoms with Gasteiger partial charge in [-0.2, -0.15) is 0 Å². The minimum atomic E-state index is 0.135. The van der Waals surface area contributed by atoms with E-state index in [2.05, 4.69) is 43.9 Å². The lowest BCUT2D eigenvalue weighted by atomic mass is 9.92. The van der Waals surface area contributed by atoms with Crippen molar-refractivity contribution in [2.24, 2.45) is 5.92 Å². The third kappa shape index (κ3) is 2.63. The molecule has 0 radical (unpaired) electrons. The van der Waals surface area contributed by atoms with Crippen molar-refractivity contribution in [2.45, 2.75) is 46.3 Å². The number of aliphatic hydroxyl groups excluding tert-OH is 1. The molecule has 1 aromatic rings. The van der Waals surface area contributed by atoms with E-state index >= 15 is 0 Å². The summed E-state index contributed by atoms with van der Waals surface area (Å²) in [7, 11) is 0. The summed E-state index contributed by atoms with van der Waals surface area (Å²) in [6, 6.07) is 6.97. The molecule has 2 unspecified atom stereocenters. The van der Waals surface area contributed by atoms with Crippen molar-refractivity contribution in [1.29, 1.82) is 0 Å². The standard InChI is InChI=1S/C15H23NO/c1-11-4-5-15(14(9-11)10-17)16-7-6-12(2)8-13(16)3/h4-5,9,12-13,17H,6-8,10H2,1-3H3. The third-order valence-electron chi connectivity index (χ3n) is 3.85. The van der Waals surface area contributed by atoms with Gasteiger partial charge in [0.1, 0.15) is 0 Å². The molecule has 1 heterocycles. The summed E-state index contributed by atoms with van der Waals surface area (Å²) in [4.78, 5) is 2.45. The van der Waals surface area contributed by atoms with Crippen LogP contribution in [0.1, 0.15) is 37.8 Å². The first-order valence-corrected chi connectivity index (χ1v) is 6.59. The zero-order valence-electron chi connectivity index (χ0n) is 11.1. The van der Waals surface area contributed by atoms with Crippen LogP contribution < -0.4 is 4.90 Å². The monoisotopic (exact) mass is 233 g/mol. The summed E-state index contributed by atoms with van der Waals surface area (Å²) in [5.74, 6) is 0.823. The molecule has 0 amide bonds. The van der Waals surface area contributed by atoms with Gasteiger partial charge in [0.25, 0.3) is 0 Å². The molecule has 2 rings (SSSR count). The van der Waals surface area contributed by atoms with Gasteiger partial charge in [-0.25, -0.2) is 0 Å². The van der Waals surface area contributed by atoms with E-state index in [1.54, 1.807) is 0 Å². The Kier molecular flexibility index (Phi) is 3.72. The van der Waals surface area contributed by atoms with Crippen LogP contribution in [0, 0.1) is 12.8 Å². The van der Waals surface area contributed by atoms with Gasteiger partial charge in [-0.3, -0.25) is 0 Å². The highest BCUT2D eigenvalue weighted by Gasteiger charge is 2.24. The van der Waals surface area contributed by atoms with E-state index in [4.69, 9.17) is 0 Å². The number of rotatable bonds is 2. The van der Waals surface area contributed by atoms with Crippen LogP contribution >= 0.6 is 0 Å². The summed E-state index contributed by atoms with van der Waals surface area (Å²) in [6.45, 7) is 7.94. The van der Waals surface area contributed by atoms with Crippen LogP contribution in [0.2, 0.25) is 0 Å². The second-order valence-electron chi connectivity index (χ2n) is 5.46. The summed E-state index contributed by atoms with van der Waals surface area (Å²) in [5, 5.41) is 9.49. The number of aliphatic hydroxyl groups is 1. The van der Waals surface area contributed by atoms with E-state index in [0.29, 0.717) is 6.04 Å². The maximum atomic E-state index is 9.49. The number of piperidine rings is 1. The molecule has 1 saturated heterocycles. The number of nitrogens with zero attached hydrogens (tertiary/aromatic N) is 1. The van der Waals surface area contributed by atoms with Crippen LogP contribution in [-0.4, -0.2) is 17.7 Å². The van der Waals surface area contributed by atoms with E-state index < -0.39 is 0 Å². The van der Waals surface area contributed by atoms with Crippen molar-refractivity contribution < 1.29 is 5.11 Å². The highest BCUT2D eigenvalue weighted by molar-refractivity contribution is 5.55. The molecule has 0 spiro atoms. The number of aryl methyl sites for hydroxylation is 1. The van der Waals surface area contributed by atoms with Gasteiger partial charge >= 0.3 is 0 Å². The van der Waals surface area contributed by atoms with Crippen molar-refractivity contribution in [3.63, 3.8) is 0 Å². The fraction of sp³-hybridized carbons (Fsp3) is 0.600. The molecule has 2 heteroatoms. The smallest absolute Gasteiger partial charge is 0.0702 e. The fourth-order valence-electron chi connectivity index (χ4n) is 2.89. The first-order chi connectivity index (χ1) is 8.11. The van der Waals surface area contributed by atoms with Gasteiger partial charge in [0.05, 0.1) is 6.61 Å². The summed E-state index contributed by atoms with van der Waals surface area (Å²) in [6.07, 6.45) is 2.50. The van der Waals surface area contributed by atoms with E-state index in [-0.39, 0.29) is 6.61 Å². The van der Waals surface area contributed by atoms with Crippen LogP contribution in [-0.2, 0) is 6.61 Å². The number of anilines is 1. The number of hydrogen-bond acceptors (Lipinski definition) is 2. The summed E-state index contributed by atoms with van der Waals surface area (Å²) >= 11 is 0. The van der Waals surface area contributed by atoms with Crippen LogP contribution in [0.3, 0.4) is 0 Å². The highest BCUT2D eigenvalue weighted by atomic mass is 16.3. The Morgan fingerprint density at radius 3 is 2.76 bits per heavy atom. The predicted octanol–water partition coefficient (Wildman–Crippen LogP) is 3.11. The third-order valence-corrected chi connectivity index (χ3v) is 3.85. The lowest BCUT2D eigenvalue weighted by Crippen LogP contribution is -2.40. The number of benzene rings is 1. The van der Waals surface area contributed by atoms with Crippen molar-refractivity contribution in [2.75, 3.05) is 11.4 Å². The topological polar surface area (TPSA) is 23.5 Å². The average molecular weight is 233 g/mol. The zero-order chi connectivity index (χ0) is 12.4. The van der Waals surface area contributed by atoms with E-state index in [1.807, 2.05) is 0 Å². The second-order valence-corrected chi connectivity index (χ2v) is 5.46. The van der Waals surface area contributed by atoms with Gasteiger partial charge in [0.15, 0.2) is 0 Å². The quantitative estimate of drug-likeness (QED) is 0.848. The Labute approximate surface area is 104 Å². The molecular weight excluding hydrogens is 210 g/mol. The lowest BCUT2D eigenvalue weighted by Gasteiger charge is -2.39. The largest absolute Gasteiger partial charge is 0.392 e. The van der Waals surface area contributed by atoms with Crippen LogP contribution in [0.15, 0.2) is 18.2 Å². The molecule has 17 heavy (non-hydrogen) atoms. The molecular formula is C15H23NO. The first kappa shape index (κ1) is 12.4. The van der Waals surface area contributed by atoms with Gasteiger partial charge in [0.2, 0.25) is 0 Å². The van der Waals surface area contributed by atoms with Crippen molar-refractivity contribution in [1.82, 2.24) is 0 Å². The molecule has 0 aromatic heterocycles. The molecule has 0 aliphatic carbocycles. The minimum Gasteiger partial charge on any atom is -0.392 e. The van der Waals surface area contributed by atoms with Crippen LogP contribution in [0.4, 0.5) is 5.69 Å². The molecule has 1 N–H and O–H groups in total. The summed E-state index contributed by atoms with van der Waals surface area (Å²) < 4.78 is 0. The predicted molar refractivity (Wildman–Crippen MR) is 72.3 cm³/mol. The van der Waals surface area contributed by atoms with Crippen LogP contribution in [0.25, 0.3) is 0 Å². The Balaban J connectivity index is 2.27. The normalized spacial score (nSPS) is 25.1. The van der Waals surface area contributed by atoms with Gasteiger partial charge in [0, 0.05) is 23.8 Å². The Morgan fingerprint density at radius 2 is 2.12 bits per heavy atom. The molecule has 1 aliphatic rings. The number of hydrogen-bond donors (Lipinski definition) is 1. The Bertz CT molecular complexity index is 389. The van der Waals surface area contributed by atoms with E-state index in [9.17, 15) is 5.11 Å². The molecule has 1 aromatic carbocycles. The minimum absolute atomic E-state index is 0.135. The van der Waals surface area contributed by atoms with Crippen molar-refractivity contribution in [3.05, 3.63) is 29.3 Å². The van der Waals surface area contributed by atoms with Gasteiger partial charge in [-0.15, -0.1) is 0 Å². The van der Waals surface area contributed by atoms with Crippen LogP contribution in [0.5, 0.6) is 0 Å².